The predicted molar refractivity (Wildman–Crippen MR) is 59.1 cm³/mol. The van der Waals surface area contributed by atoms with E-state index in [-0.39, 0.29) is 0 Å². The van der Waals surface area contributed by atoms with E-state index in [1.54, 1.807) is 0 Å². The molecule has 1 atom stereocenters. The third-order valence-corrected chi connectivity index (χ3v) is 3.31. The quantitative estimate of drug-likeness (QED) is 0.775. The molecule has 1 unspecified atom stereocenters. The van der Waals surface area contributed by atoms with Gasteiger partial charge in [0.05, 0.1) is 0 Å². The van der Waals surface area contributed by atoms with Gasteiger partial charge < -0.3 is 9.88 Å². The normalized spacial score (nSPS) is 23.8. The Labute approximate surface area is 86.3 Å². The van der Waals surface area contributed by atoms with E-state index in [1.165, 1.54) is 12.1 Å². The Bertz CT molecular complexity index is 312. The second kappa shape index (κ2) is 3.43. The van der Waals surface area contributed by atoms with E-state index in [9.17, 15) is 0 Å². The summed E-state index contributed by atoms with van der Waals surface area (Å²) < 4.78 is 2.29. The molecule has 2 heteroatoms. The molecule has 1 saturated carbocycles. The third kappa shape index (κ3) is 1.85. The van der Waals surface area contributed by atoms with Crippen LogP contribution in [0.4, 0.5) is 0 Å². The maximum absolute atomic E-state index is 3.60. The lowest BCUT2D eigenvalue weighted by Crippen LogP contribution is -2.21. The molecule has 1 N–H and O–H groups in total. The van der Waals surface area contributed by atoms with Gasteiger partial charge in [0.15, 0.2) is 0 Å². The highest BCUT2D eigenvalue weighted by Gasteiger charge is 2.45. The molecule has 1 aromatic heterocycles. The number of aryl methyl sites for hydroxylation is 1. The Hall–Kier alpha value is -0.760. The first kappa shape index (κ1) is 9.78. The van der Waals surface area contributed by atoms with E-state index >= 15 is 0 Å². The summed E-state index contributed by atoms with van der Waals surface area (Å²) in [6.07, 6.45) is 3.47. The summed E-state index contributed by atoms with van der Waals surface area (Å²) in [5.41, 5.74) is 1.93. The minimum absolute atomic E-state index is 0.531. The van der Waals surface area contributed by atoms with Crippen molar-refractivity contribution >= 4 is 0 Å². The van der Waals surface area contributed by atoms with Crippen molar-refractivity contribution in [3.63, 3.8) is 0 Å². The van der Waals surface area contributed by atoms with Gasteiger partial charge in [0, 0.05) is 31.0 Å². The van der Waals surface area contributed by atoms with Gasteiger partial charge in [0.25, 0.3) is 0 Å². The lowest BCUT2D eigenvalue weighted by atomic mass is 10.2. The molecule has 1 fully saturated rings. The molecule has 0 amide bonds. The fourth-order valence-corrected chi connectivity index (χ4v) is 1.96. The standard InChI is InChI=1S/C12H20N2/c1-4-14-7-5-6-10(14)9-13-11-8-12(11,2)3/h5-7,11,13H,4,8-9H2,1-3H3. The molecule has 0 radical (unpaired) electrons. The third-order valence-electron chi connectivity index (χ3n) is 3.31. The summed E-state index contributed by atoms with van der Waals surface area (Å²) in [7, 11) is 0. The molecule has 1 aliphatic rings. The summed E-state index contributed by atoms with van der Waals surface area (Å²) >= 11 is 0. The fourth-order valence-electron chi connectivity index (χ4n) is 1.96. The average molecular weight is 192 g/mol. The van der Waals surface area contributed by atoms with Crippen molar-refractivity contribution in [3.8, 4) is 0 Å². The van der Waals surface area contributed by atoms with Gasteiger partial charge in [-0.05, 0) is 30.9 Å². The monoisotopic (exact) mass is 192 g/mol. The van der Waals surface area contributed by atoms with Gasteiger partial charge in [-0.1, -0.05) is 13.8 Å². The van der Waals surface area contributed by atoms with Crippen molar-refractivity contribution in [2.45, 2.75) is 46.3 Å². The highest BCUT2D eigenvalue weighted by atomic mass is 15.0. The topological polar surface area (TPSA) is 17.0 Å². The van der Waals surface area contributed by atoms with E-state index < -0.39 is 0 Å². The highest BCUT2D eigenvalue weighted by Crippen LogP contribution is 2.44. The summed E-state index contributed by atoms with van der Waals surface area (Å²) in [5.74, 6) is 0. The van der Waals surface area contributed by atoms with Crippen molar-refractivity contribution in [1.29, 1.82) is 0 Å². The molecule has 0 aliphatic heterocycles. The summed E-state index contributed by atoms with van der Waals surface area (Å²) in [4.78, 5) is 0. The molecule has 78 valence electrons. The maximum atomic E-state index is 3.60. The van der Waals surface area contributed by atoms with Gasteiger partial charge in [-0.15, -0.1) is 0 Å². The number of nitrogens with zero attached hydrogens (tertiary/aromatic N) is 1. The van der Waals surface area contributed by atoms with Crippen LogP contribution >= 0.6 is 0 Å². The van der Waals surface area contributed by atoms with Crippen molar-refractivity contribution in [1.82, 2.24) is 9.88 Å². The Morgan fingerprint density at radius 2 is 2.29 bits per heavy atom. The maximum Gasteiger partial charge on any atom is 0.0361 e. The second-order valence-electron chi connectivity index (χ2n) is 4.91. The number of hydrogen-bond donors (Lipinski definition) is 1. The van der Waals surface area contributed by atoms with Crippen molar-refractivity contribution in [3.05, 3.63) is 24.0 Å². The Kier molecular flexibility index (Phi) is 2.40. The molecular formula is C12H20N2. The molecule has 0 saturated heterocycles. The van der Waals surface area contributed by atoms with Crippen LogP contribution in [0.5, 0.6) is 0 Å². The van der Waals surface area contributed by atoms with Crippen LogP contribution in [0.2, 0.25) is 0 Å². The summed E-state index contributed by atoms with van der Waals surface area (Å²) in [5, 5.41) is 3.60. The van der Waals surface area contributed by atoms with Crippen molar-refractivity contribution in [2.24, 2.45) is 5.41 Å². The zero-order valence-corrected chi connectivity index (χ0v) is 9.38. The average Bonchev–Trinajstić information content (AvgIpc) is 2.62. The molecule has 0 spiro atoms. The number of nitrogens with one attached hydrogen (secondary N) is 1. The Balaban J connectivity index is 1.87. The smallest absolute Gasteiger partial charge is 0.0361 e. The van der Waals surface area contributed by atoms with Gasteiger partial charge in [0.2, 0.25) is 0 Å². The lowest BCUT2D eigenvalue weighted by molar-refractivity contribution is 0.530. The molecule has 1 heterocycles. The zero-order chi connectivity index (χ0) is 10.2. The van der Waals surface area contributed by atoms with E-state index in [1.807, 2.05) is 0 Å². The van der Waals surface area contributed by atoms with Crippen LogP contribution < -0.4 is 5.32 Å². The van der Waals surface area contributed by atoms with Crippen LogP contribution in [0.25, 0.3) is 0 Å². The van der Waals surface area contributed by atoms with Crippen LogP contribution in [0.3, 0.4) is 0 Å². The molecule has 0 bridgehead atoms. The van der Waals surface area contributed by atoms with Crippen molar-refractivity contribution < 1.29 is 0 Å². The largest absolute Gasteiger partial charge is 0.351 e. The molecular weight excluding hydrogens is 172 g/mol. The van der Waals surface area contributed by atoms with E-state index in [2.05, 4.69) is 49.0 Å². The minimum atomic E-state index is 0.531. The van der Waals surface area contributed by atoms with Gasteiger partial charge in [-0.2, -0.15) is 0 Å². The van der Waals surface area contributed by atoms with Crippen LogP contribution in [0.15, 0.2) is 18.3 Å². The van der Waals surface area contributed by atoms with Crippen LogP contribution in [-0.2, 0) is 13.1 Å². The fraction of sp³-hybridized carbons (Fsp3) is 0.667. The van der Waals surface area contributed by atoms with Gasteiger partial charge in [-0.25, -0.2) is 0 Å². The summed E-state index contributed by atoms with van der Waals surface area (Å²) in [6.45, 7) is 8.91. The first-order valence-electron chi connectivity index (χ1n) is 5.51. The molecule has 2 nitrogen and oxygen atoms in total. The van der Waals surface area contributed by atoms with Crippen LogP contribution in [0, 0.1) is 5.41 Å². The molecule has 1 aliphatic carbocycles. The van der Waals surface area contributed by atoms with Gasteiger partial charge in [0.1, 0.15) is 0 Å². The summed E-state index contributed by atoms with van der Waals surface area (Å²) in [6, 6.07) is 5.05. The first-order valence-corrected chi connectivity index (χ1v) is 5.51. The first-order chi connectivity index (χ1) is 6.63. The SMILES string of the molecule is CCn1cccc1CNC1CC1(C)C. The van der Waals surface area contributed by atoms with E-state index in [0.29, 0.717) is 5.41 Å². The Morgan fingerprint density at radius 1 is 1.57 bits per heavy atom. The molecule has 1 aromatic rings. The lowest BCUT2D eigenvalue weighted by Gasteiger charge is -2.09. The van der Waals surface area contributed by atoms with Crippen molar-refractivity contribution in [2.75, 3.05) is 0 Å². The van der Waals surface area contributed by atoms with E-state index in [4.69, 9.17) is 0 Å². The van der Waals surface area contributed by atoms with Gasteiger partial charge >= 0.3 is 0 Å². The molecule has 0 aromatic carbocycles. The second-order valence-corrected chi connectivity index (χ2v) is 4.91. The van der Waals surface area contributed by atoms with Gasteiger partial charge in [-0.3, -0.25) is 0 Å². The predicted octanol–water partition coefficient (Wildman–Crippen LogP) is 2.40. The Morgan fingerprint density at radius 3 is 2.86 bits per heavy atom. The molecule has 2 rings (SSSR count). The highest BCUT2D eigenvalue weighted by molar-refractivity contribution is 5.09. The number of rotatable bonds is 4. The van der Waals surface area contributed by atoms with E-state index in [0.717, 1.165) is 19.1 Å². The zero-order valence-electron chi connectivity index (χ0n) is 9.38. The van der Waals surface area contributed by atoms with Crippen LogP contribution in [0.1, 0.15) is 32.9 Å². The minimum Gasteiger partial charge on any atom is -0.351 e. The number of aromatic nitrogens is 1. The molecule has 14 heavy (non-hydrogen) atoms. The number of hydrogen-bond acceptors (Lipinski definition) is 1. The van der Waals surface area contributed by atoms with Crippen LogP contribution in [-0.4, -0.2) is 10.6 Å².